The Balaban J connectivity index is 0.000000161. The van der Waals surface area contributed by atoms with E-state index in [0.29, 0.717) is 5.92 Å². The molecule has 0 bridgehead atoms. The zero-order valence-corrected chi connectivity index (χ0v) is 31.6. The van der Waals surface area contributed by atoms with E-state index in [-0.39, 0.29) is 0 Å². The molecule has 8 aromatic carbocycles. The number of thiophene rings is 1. The molecule has 0 N–H and O–H groups in total. The van der Waals surface area contributed by atoms with E-state index in [1.54, 1.807) is 0 Å². The van der Waals surface area contributed by atoms with Crippen LogP contribution in [-0.4, -0.2) is 13.3 Å². The minimum absolute atomic E-state index is 0.410. The molecule has 0 spiro atoms. The van der Waals surface area contributed by atoms with Crippen molar-refractivity contribution in [3.8, 4) is 33.4 Å². The second-order valence-electron chi connectivity index (χ2n) is 13.8. The van der Waals surface area contributed by atoms with Crippen molar-refractivity contribution in [2.45, 2.75) is 12.8 Å². The van der Waals surface area contributed by atoms with E-state index < -0.39 is 0 Å². The summed E-state index contributed by atoms with van der Waals surface area (Å²) in [6, 6.07) is 66.4. The Morgan fingerprint density at radius 2 is 1.09 bits per heavy atom. The van der Waals surface area contributed by atoms with Crippen LogP contribution in [0.5, 0.6) is 0 Å². The molecule has 2 heterocycles. The molecule has 10 aromatic rings. The summed E-state index contributed by atoms with van der Waals surface area (Å²) in [5.41, 5.74) is 12.4. The third kappa shape index (κ3) is 6.54. The van der Waals surface area contributed by atoms with Crippen LogP contribution >= 0.6 is 11.3 Å². The molecule has 0 aliphatic rings. The molecule has 3 heteroatoms. The third-order valence-electron chi connectivity index (χ3n) is 10.5. The lowest BCUT2D eigenvalue weighted by Crippen LogP contribution is -1.96. The Morgan fingerprint density at radius 1 is 0.491 bits per heavy atom. The second kappa shape index (κ2) is 15.1. The molecule has 0 fully saturated rings. The average Bonchev–Trinajstić information content (AvgIpc) is 3.84. The maximum atomic E-state index is 6.74. The number of nitrogens with zero attached hydrogens (tertiary/aromatic N) is 1. The Kier molecular flexibility index (Phi) is 9.37. The van der Waals surface area contributed by atoms with Gasteiger partial charge in [-0.1, -0.05) is 165 Å². The van der Waals surface area contributed by atoms with Gasteiger partial charge >= 0.3 is 0 Å². The van der Waals surface area contributed by atoms with Gasteiger partial charge in [0.1, 0.15) is 11.2 Å². The van der Waals surface area contributed by atoms with Crippen LogP contribution in [-0.2, 0) is 0 Å². The average molecular weight is 726 g/mol. The summed E-state index contributed by atoms with van der Waals surface area (Å²) in [5, 5.41) is 5.00. The summed E-state index contributed by atoms with van der Waals surface area (Å²) in [6.07, 6.45) is 1.92. The van der Waals surface area contributed by atoms with E-state index in [2.05, 4.69) is 188 Å². The highest BCUT2D eigenvalue weighted by molar-refractivity contribution is 7.25. The van der Waals surface area contributed by atoms with Crippen LogP contribution in [0.4, 0.5) is 0 Å². The maximum Gasteiger partial charge on any atom is 0.143 e. The largest absolute Gasteiger partial charge is 0.455 e. The minimum atomic E-state index is 0.410. The van der Waals surface area contributed by atoms with Gasteiger partial charge in [-0.3, -0.25) is 4.99 Å². The number of furan rings is 1. The van der Waals surface area contributed by atoms with Crippen molar-refractivity contribution < 1.29 is 4.42 Å². The molecule has 1 unspecified atom stereocenters. The number of benzene rings is 8. The lowest BCUT2D eigenvalue weighted by Gasteiger charge is -2.14. The molecule has 0 aliphatic carbocycles. The van der Waals surface area contributed by atoms with Crippen LogP contribution < -0.4 is 0 Å². The van der Waals surface area contributed by atoms with Crippen molar-refractivity contribution in [1.29, 1.82) is 0 Å². The quantitative estimate of drug-likeness (QED) is 0.157. The summed E-state index contributed by atoms with van der Waals surface area (Å²) >= 11 is 1.89. The van der Waals surface area contributed by atoms with Gasteiger partial charge < -0.3 is 4.42 Å². The lowest BCUT2D eigenvalue weighted by molar-refractivity contribution is 0.671. The summed E-state index contributed by atoms with van der Waals surface area (Å²) in [7, 11) is 1.81. The monoisotopic (exact) mass is 725 g/mol. The SMILES string of the molecule is CC(c1ccccc1)c1cccc2sc3ccccc3c12.CN=Cc1ccc(-c2ccccc2)c2oc3c(-c4ccccc4)cc(-c4ccccc4)cc3c12. The van der Waals surface area contributed by atoms with Crippen LogP contribution in [0, 0.1) is 0 Å². The number of hydrogen-bond acceptors (Lipinski definition) is 3. The van der Waals surface area contributed by atoms with E-state index in [1.165, 1.54) is 42.4 Å². The van der Waals surface area contributed by atoms with Crippen LogP contribution in [0.2, 0.25) is 0 Å². The van der Waals surface area contributed by atoms with Gasteiger partial charge in [0.05, 0.1) is 0 Å². The van der Waals surface area contributed by atoms with Gasteiger partial charge in [-0.25, -0.2) is 0 Å². The second-order valence-corrected chi connectivity index (χ2v) is 14.9. The fraction of sp³-hybridized carbons (Fsp3) is 0.0577. The number of fused-ring (bicyclic) bond motifs is 6. The van der Waals surface area contributed by atoms with Crippen molar-refractivity contribution in [2.75, 3.05) is 7.05 Å². The predicted octanol–water partition coefficient (Wildman–Crippen LogP) is 14.8. The Morgan fingerprint density at radius 3 is 1.78 bits per heavy atom. The highest BCUT2D eigenvalue weighted by Crippen LogP contribution is 2.44. The Labute approximate surface area is 325 Å². The van der Waals surface area contributed by atoms with E-state index in [0.717, 1.165) is 49.8 Å². The number of aliphatic imine (C=N–C) groups is 1. The first-order valence-corrected chi connectivity index (χ1v) is 19.6. The molecule has 2 nitrogen and oxygen atoms in total. The molecule has 0 aliphatic heterocycles. The number of rotatable bonds is 6. The normalized spacial score (nSPS) is 12.0. The molecule has 55 heavy (non-hydrogen) atoms. The summed E-state index contributed by atoms with van der Waals surface area (Å²) in [6.45, 7) is 2.30. The molecule has 2 aromatic heterocycles. The first kappa shape index (κ1) is 34.2. The van der Waals surface area contributed by atoms with E-state index in [4.69, 9.17) is 4.42 Å². The first-order valence-electron chi connectivity index (χ1n) is 18.7. The van der Waals surface area contributed by atoms with Gasteiger partial charge in [-0.2, -0.15) is 0 Å². The third-order valence-corrected chi connectivity index (χ3v) is 11.6. The van der Waals surface area contributed by atoms with Crippen molar-refractivity contribution in [3.05, 3.63) is 205 Å². The standard InChI is InChI=1S/C32H23NO.C20H16S/c1-33-21-25-17-18-27(23-13-7-3-8-14-23)32-30(25)29-20-26(22-11-5-2-6-12-22)19-28(31(29)34-32)24-15-9-4-10-16-24;1-14(15-8-3-2-4-9-15)16-11-7-13-19-20(16)17-10-5-6-12-18(17)21-19/h2-21H,1H3;2-14H,1H3. The smallest absolute Gasteiger partial charge is 0.143 e. The zero-order valence-electron chi connectivity index (χ0n) is 30.8. The van der Waals surface area contributed by atoms with E-state index >= 15 is 0 Å². The van der Waals surface area contributed by atoms with Gasteiger partial charge in [0.2, 0.25) is 0 Å². The molecule has 1 atom stereocenters. The number of hydrogen-bond donors (Lipinski definition) is 0. The maximum absolute atomic E-state index is 6.74. The van der Waals surface area contributed by atoms with Gasteiger partial charge in [0, 0.05) is 66.8 Å². The van der Waals surface area contributed by atoms with Crippen LogP contribution in [0.15, 0.2) is 197 Å². The van der Waals surface area contributed by atoms with Crippen molar-refractivity contribution >= 4 is 59.7 Å². The van der Waals surface area contributed by atoms with Crippen LogP contribution in [0.3, 0.4) is 0 Å². The topological polar surface area (TPSA) is 25.5 Å². The predicted molar refractivity (Wildman–Crippen MR) is 237 cm³/mol. The van der Waals surface area contributed by atoms with Crippen LogP contribution in [0.1, 0.15) is 29.5 Å². The van der Waals surface area contributed by atoms with E-state index in [9.17, 15) is 0 Å². The van der Waals surface area contributed by atoms with E-state index in [1.807, 2.05) is 36.7 Å². The molecular weight excluding hydrogens is 687 g/mol. The molecule has 264 valence electrons. The molecule has 0 saturated carbocycles. The molecule has 0 amide bonds. The molecule has 0 radical (unpaired) electrons. The van der Waals surface area contributed by atoms with Gasteiger partial charge in [-0.05, 0) is 63.7 Å². The summed E-state index contributed by atoms with van der Waals surface area (Å²) < 4.78 is 9.50. The zero-order chi connectivity index (χ0) is 37.1. The van der Waals surface area contributed by atoms with Crippen molar-refractivity contribution in [1.82, 2.24) is 0 Å². The van der Waals surface area contributed by atoms with Crippen molar-refractivity contribution in [3.63, 3.8) is 0 Å². The molecular formula is C52H39NOS. The van der Waals surface area contributed by atoms with Crippen LogP contribution in [0.25, 0.3) is 75.5 Å². The Bertz CT molecular complexity index is 2930. The highest BCUT2D eigenvalue weighted by Gasteiger charge is 2.20. The Hall–Kier alpha value is -6.55. The fourth-order valence-corrected chi connectivity index (χ4v) is 8.95. The van der Waals surface area contributed by atoms with Gasteiger partial charge in [0.15, 0.2) is 0 Å². The highest BCUT2D eigenvalue weighted by atomic mass is 32.1. The fourth-order valence-electron chi connectivity index (χ4n) is 7.81. The lowest BCUT2D eigenvalue weighted by atomic mass is 9.90. The first-order chi connectivity index (χ1) is 27.2. The minimum Gasteiger partial charge on any atom is -0.455 e. The van der Waals surface area contributed by atoms with Gasteiger partial charge in [0.25, 0.3) is 0 Å². The van der Waals surface area contributed by atoms with Crippen molar-refractivity contribution in [2.24, 2.45) is 4.99 Å². The molecule has 0 saturated heterocycles. The van der Waals surface area contributed by atoms with Gasteiger partial charge in [-0.15, -0.1) is 11.3 Å². The summed E-state index contributed by atoms with van der Waals surface area (Å²) in [5.74, 6) is 0.410. The molecule has 10 rings (SSSR count). The summed E-state index contributed by atoms with van der Waals surface area (Å²) in [4.78, 5) is 4.34.